The van der Waals surface area contributed by atoms with Crippen molar-refractivity contribution in [2.75, 3.05) is 13.2 Å². The topological polar surface area (TPSA) is 18.5 Å². The van der Waals surface area contributed by atoms with Crippen LogP contribution in [0.5, 0.6) is 11.5 Å². The molecule has 0 unspecified atom stereocenters. The third-order valence-electron chi connectivity index (χ3n) is 3.11. The Hall–Kier alpha value is -1.96. The molecule has 0 spiro atoms. The van der Waals surface area contributed by atoms with E-state index in [9.17, 15) is 0 Å². The Morgan fingerprint density at radius 3 is 1.40 bits per heavy atom. The van der Waals surface area contributed by atoms with Crippen LogP contribution in [0.4, 0.5) is 0 Å². The lowest BCUT2D eigenvalue weighted by molar-refractivity contribution is 0.188. The van der Waals surface area contributed by atoms with Crippen LogP contribution >= 0.6 is 0 Å². The van der Waals surface area contributed by atoms with Gasteiger partial charge in [-0.15, -0.1) is 0 Å². The fourth-order valence-corrected chi connectivity index (χ4v) is 1.79. The van der Waals surface area contributed by atoms with Crippen molar-refractivity contribution in [3.8, 4) is 11.5 Å². The molecular formula is C18H22O2. The van der Waals surface area contributed by atoms with Crippen molar-refractivity contribution < 1.29 is 9.47 Å². The largest absolute Gasteiger partial charge is 0.493 e. The lowest BCUT2D eigenvalue weighted by atomic mass is 10.2. The second-order valence-corrected chi connectivity index (χ2v) is 5.35. The molecule has 0 N–H and O–H groups in total. The van der Waals surface area contributed by atoms with Gasteiger partial charge in [0.15, 0.2) is 0 Å². The summed E-state index contributed by atoms with van der Waals surface area (Å²) in [5.41, 5.74) is 2.49. The first-order valence-electron chi connectivity index (χ1n) is 7.02. The highest BCUT2D eigenvalue weighted by Gasteiger charge is 2.05. The molecule has 0 saturated carbocycles. The van der Waals surface area contributed by atoms with E-state index in [0.717, 1.165) is 11.5 Å². The Kier molecular flexibility index (Phi) is 5.05. The fraction of sp³-hybridized carbons (Fsp3) is 0.333. The Morgan fingerprint density at radius 1 is 0.700 bits per heavy atom. The van der Waals surface area contributed by atoms with Gasteiger partial charge < -0.3 is 9.47 Å². The Labute approximate surface area is 121 Å². The van der Waals surface area contributed by atoms with Crippen LogP contribution in [0.15, 0.2) is 48.5 Å². The lowest BCUT2D eigenvalue weighted by Gasteiger charge is -2.14. The number of hydrogen-bond acceptors (Lipinski definition) is 2. The molecule has 0 aliphatic carbocycles. The molecule has 2 aromatic carbocycles. The summed E-state index contributed by atoms with van der Waals surface area (Å²) in [5.74, 6) is 2.17. The summed E-state index contributed by atoms with van der Waals surface area (Å²) in [7, 11) is 0. The molecule has 0 fully saturated rings. The molecule has 20 heavy (non-hydrogen) atoms. The van der Waals surface area contributed by atoms with Crippen molar-refractivity contribution in [2.24, 2.45) is 5.92 Å². The van der Waals surface area contributed by atoms with Gasteiger partial charge in [-0.05, 0) is 38.1 Å². The summed E-state index contributed by atoms with van der Waals surface area (Å²) in [4.78, 5) is 0. The van der Waals surface area contributed by atoms with Gasteiger partial charge in [0.2, 0.25) is 0 Å². The molecule has 2 nitrogen and oxygen atoms in total. The third kappa shape index (κ3) is 4.61. The maximum Gasteiger partial charge on any atom is 0.119 e. The summed E-state index contributed by atoms with van der Waals surface area (Å²) in [5, 5.41) is 0. The highest BCUT2D eigenvalue weighted by Crippen LogP contribution is 2.15. The van der Waals surface area contributed by atoms with Gasteiger partial charge in [0, 0.05) is 5.92 Å². The standard InChI is InChI=1S/C18H22O2/c1-14-4-8-17(9-5-14)19-12-16(3)13-20-18-10-6-15(2)7-11-18/h4-11,16H,12-13H2,1-3H3. The van der Waals surface area contributed by atoms with Crippen LogP contribution in [0.2, 0.25) is 0 Å². The molecule has 0 aromatic heterocycles. The second-order valence-electron chi connectivity index (χ2n) is 5.35. The highest BCUT2D eigenvalue weighted by atomic mass is 16.5. The van der Waals surface area contributed by atoms with Crippen LogP contribution in [-0.2, 0) is 0 Å². The van der Waals surface area contributed by atoms with Crippen molar-refractivity contribution in [1.29, 1.82) is 0 Å². The van der Waals surface area contributed by atoms with E-state index in [0.29, 0.717) is 19.1 Å². The zero-order valence-electron chi connectivity index (χ0n) is 12.4. The molecule has 2 rings (SSSR count). The quantitative estimate of drug-likeness (QED) is 0.774. The van der Waals surface area contributed by atoms with Gasteiger partial charge in [0.1, 0.15) is 11.5 Å². The van der Waals surface area contributed by atoms with Crippen LogP contribution in [-0.4, -0.2) is 13.2 Å². The van der Waals surface area contributed by atoms with E-state index < -0.39 is 0 Å². The summed E-state index contributed by atoms with van der Waals surface area (Å²) in [6, 6.07) is 16.2. The fourth-order valence-electron chi connectivity index (χ4n) is 1.79. The van der Waals surface area contributed by atoms with Gasteiger partial charge in [-0.1, -0.05) is 42.3 Å². The van der Waals surface area contributed by atoms with Gasteiger partial charge in [-0.2, -0.15) is 0 Å². The summed E-state index contributed by atoms with van der Waals surface area (Å²) in [6.45, 7) is 7.59. The molecule has 0 aliphatic rings. The van der Waals surface area contributed by atoms with Crippen LogP contribution < -0.4 is 9.47 Å². The lowest BCUT2D eigenvalue weighted by Crippen LogP contribution is -2.16. The van der Waals surface area contributed by atoms with Crippen molar-refractivity contribution >= 4 is 0 Å². The van der Waals surface area contributed by atoms with Crippen molar-refractivity contribution in [1.82, 2.24) is 0 Å². The Bertz CT molecular complexity index is 465. The van der Waals surface area contributed by atoms with E-state index in [-0.39, 0.29) is 0 Å². The maximum atomic E-state index is 5.75. The van der Waals surface area contributed by atoms with Gasteiger partial charge in [0.25, 0.3) is 0 Å². The van der Waals surface area contributed by atoms with E-state index in [1.165, 1.54) is 11.1 Å². The van der Waals surface area contributed by atoms with E-state index in [1.54, 1.807) is 0 Å². The second kappa shape index (κ2) is 6.99. The molecule has 0 aliphatic heterocycles. The monoisotopic (exact) mass is 270 g/mol. The first-order chi connectivity index (χ1) is 9.63. The zero-order chi connectivity index (χ0) is 14.4. The molecule has 0 saturated heterocycles. The molecule has 0 radical (unpaired) electrons. The van der Waals surface area contributed by atoms with Crippen LogP contribution in [0.1, 0.15) is 18.1 Å². The van der Waals surface area contributed by atoms with Crippen molar-refractivity contribution in [3.63, 3.8) is 0 Å². The molecule has 106 valence electrons. The third-order valence-corrected chi connectivity index (χ3v) is 3.11. The van der Waals surface area contributed by atoms with Crippen molar-refractivity contribution in [2.45, 2.75) is 20.8 Å². The summed E-state index contributed by atoms with van der Waals surface area (Å²) in [6.07, 6.45) is 0. The molecule has 0 heterocycles. The molecule has 0 bridgehead atoms. The highest BCUT2D eigenvalue weighted by molar-refractivity contribution is 5.27. The average molecular weight is 270 g/mol. The number of hydrogen-bond donors (Lipinski definition) is 0. The summed E-state index contributed by atoms with van der Waals surface area (Å²) < 4.78 is 11.5. The average Bonchev–Trinajstić information content (AvgIpc) is 2.46. The number of benzene rings is 2. The minimum absolute atomic E-state index is 0.345. The van der Waals surface area contributed by atoms with Gasteiger partial charge in [0.05, 0.1) is 13.2 Å². The van der Waals surface area contributed by atoms with Crippen molar-refractivity contribution in [3.05, 3.63) is 59.7 Å². The maximum absolute atomic E-state index is 5.75. The van der Waals surface area contributed by atoms with Gasteiger partial charge in [-0.25, -0.2) is 0 Å². The van der Waals surface area contributed by atoms with Crippen LogP contribution in [0, 0.1) is 19.8 Å². The van der Waals surface area contributed by atoms with E-state index in [1.807, 2.05) is 24.3 Å². The van der Waals surface area contributed by atoms with Crippen LogP contribution in [0.25, 0.3) is 0 Å². The Morgan fingerprint density at radius 2 is 1.05 bits per heavy atom. The number of aryl methyl sites for hydroxylation is 2. The zero-order valence-corrected chi connectivity index (χ0v) is 12.4. The minimum atomic E-state index is 0.345. The molecule has 2 heteroatoms. The minimum Gasteiger partial charge on any atom is -0.493 e. The SMILES string of the molecule is Cc1ccc(OCC(C)COc2ccc(C)cc2)cc1. The van der Waals surface area contributed by atoms with Gasteiger partial charge >= 0.3 is 0 Å². The smallest absolute Gasteiger partial charge is 0.119 e. The normalized spacial score (nSPS) is 10.6. The molecule has 0 atom stereocenters. The first-order valence-corrected chi connectivity index (χ1v) is 7.02. The van der Waals surface area contributed by atoms with Crippen LogP contribution in [0.3, 0.4) is 0 Å². The predicted molar refractivity (Wildman–Crippen MR) is 82.5 cm³/mol. The molecule has 0 amide bonds. The first kappa shape index (κ1) is 14.4. The number of rotatable bonds is 6. The van der Waals surface area contributed by atoms with E-state index in [2.05, 4.69) is 45.0 Å². The predicted octanol–water partition coefficient (Wildman–Crippen LogP) is 4.40. The van der Waals surface area contributed by atoms with Gasteiger partial charge in [-0.3, -0.25) is 0 Å². The summed E-state index contributed by atoms with van der Waals surface area (Å²) >= 11 is 0. The molecular weight excluding hydrogens is 248 g/mol. The Balaban J connectivity index is 1.73. The number of ether oxygens (including phenoxy) is 2. The van der Waals surface area contributed by atoms with E-state index in [4.69, 9.17) is 9.47 Å². The molecule has 2 aromatic rings. The van der Waals surface area contributed by atoms with E-state index >= 15 is 0 Å².